The van der Waals surface area contributed by atoms with Gasteiger partial charge in [0.15, 0.2) is 5.79 Å². The first-order valence-corrected chi connectivity index (χ1v) is 22.3. The number of aliphatic hydroxyl groups is 1. The third-order valence-corrected chi connectivity index (χ3v) is 10.0. The van der Waals surface area contributed by atoms with Crippen molar-refractivity contribution < 1.29 is 19.7 Å². The number of allylic oxidation sites excluding steroid dienone is 8. The summed E-state index contributed by atoms with van der Waals surface area (Å²) in [6.07, 6.45) is 53.4. The summed E-state index contributed by atoms with van der Waals surface area (Å²) in [5.41, 5.74) is 0. The Morgan fingerprint density at radius 3 is 1.35 bits per heavy atom. The van der Waals surface area contributed by atoms with Gasteiger partial charge < -0.3 is 19.8 Å². The van der Waals surface area contributed by atoms with Crippen LogP contribution < -0.4 is 0 Å². The Kier molecular flexibility index (Phi) is 39.2. The summed E-state index contributed by atoms with van der Waals surface area (Å²) in [7, 11) is 2.12. The van der Waals surface area contributed by atoms with Crippen LogP contribution in [0.4, 0.5) is 0 Å². The van der Waals surface area contributed by atoms with Crippen LogP contribution >= 0.6 is 0 Å². The third-order valence-electron chi connectivity index (χ3n) is 10.0. The Morgan fingerprint density at radius 1 is 0.519 bits per heavy atom. The first kappa shape index (κ1) is 50.3. The van der Waals surface area contributed by atoms with Gasteiger partial charge in [-0.3, -0.25) is 4.79 Å². The van der Waals surface area contributed by atoms with Crippen LogP contribution in [-0.2, 0) is 9.53 Å². The maximum Gasteiger partial charge on any atom is 0.303 e. The van der Waals surface area contributed by atoms with Gasteiger partial charge in [-0.05, 0) is 110 Å². The predicted molar refractivity (Wildman–Crippen MR) is 227 cm³/mol. The molecule has 0 heterocycles. The highest BCUT2D eigenvalue weighted by atomic mass is 16.6. The second-order valence-electron chi connectivity index (χ2n) is 15.3. The molecule has 0 aromatic carbocycles. The number of hydrogen-bond donors (Lipinski definition) is 2. The maximum atomic E-state index is 11.5. The van der Waals surface area contributed by atoms with E-state index in [0.29, 0.717) is 6.61 Å². The van der Waals surface area contributed by atoms with Gasteiger partial charge in [-0.15, -0.1) is 0 Å². The zero-order valence-electron chi connectivity index (χ0n) is 34.8. The molecule has 0 spiro atoms. The fourth-order valence-corrected chi connectivity index (χ4v) is 6.59. The van der Waals surface area contributed by atoms with Crippen molar-refractivity contribution in [2.45, 2.75) is 219 Å². The Balaban J connectivity index is 4.29. The van der Waals surface area contributed by atoms with Gasteiger partial charge in [0.05, 0.1) is 6.61 Å². The number of ether oxygens (including phenoxy) is 1. The molecule has 0 bridgehead atoms. The summed E-state index contributed by atoms with van der Waals surface area (Å²) < 4.78 is 6.24. The molecular weight excluding hydrogens is 643 g/mol. The molecule has 0 amide bonds. The first-order chi connectivity index (χ1) is 25.4. The van der Waals surface area contributed by atoms with Crippen molar-refractivity contribution in [3.63, 3.8) is 0 Å². The van der Waals surface area contributed by atoms with Crippen molar-refractivity contribution in [3.8, 4) is 0 Å². The highest BCUT2D eigenvalue weighted by molar-refractivity contribution is 5.66. The highest BCUT2D eigenvalue weighted by Crippen LogP contribution is 2.25. The molecule has 0 aliphatic rings. The van der Waals surface area contributed by atoms with E-state index < -0.39 is 11.8 Å². The Labute approximate surface area is 323 Å². The van der Waals surface area contributed by atoms with E-state index >= 15 is 0 Å². The standard InChI is InChI=1S/C47H87NO4/c1-4-6-8-10-12-14-16-18-20-22-24-26-28-30-32-36-41-47(51,52-45-39-44-48(3)43-38-34-35-40-46(49)50)42-37-33-31-29-27-25-23-21-19-17-15-13-11-9-7-5-2/h12-15,18-21,51H,4-11,16-17,22-45H2,1-3H3,(H,49,50)/b14-12-,15-13-,20-18-,21-19-. The van der Waals surface area contributed by atoms with Crippen molar-refractivity contribution in [3.05, 3.63) is 48.6 Å². The number of carbonyl (C=O) groups is 1. The van der Waals surface area contributed by atoms with Crippen molar-refractivity contribution in [2.24, 2.45) is 0 Å². The number of unbranched alkanes of at least 4 members (excludes halogenated alkanes) is 20. The minimum Gasteiger partial charge on any atom is -0.481 e. The molecule has 0 unspecified atom stereocenters. The minimum atomic E-state index is -1.00. The van der Waals surface area contributed by atoms with Crippen LogP contribution in [0.1, 0.15) is 213 Å². The molecule has 5 heteroatoms. The van der Waals surface area contributed by atoms with Gasteiger partial charge in [-0.2, -0.15) is 0 Å². The number of hydrogen-bond acceptors (Lipinski definition) is 4. The van der Waals surface area contributed by atoms with Crippen LogP contribution in [0.15, 0.2) is 48.6 Å². The molecule has 0 radical (unpaired) electrons. The lowest BCUT2D eigenvalue weighted by Gasteiger charge is -2.29. The Bertz CT molecular complexity index is 815. The summed E-state index contributed by atoms with van der Waals surface area (Å²) in [6, 6.07) is 0. The zero-order chi connectivity index (χ0) is 38.1. The average molecular weight is 730 g/mol. The molecule has 0 aromatic heterocycles. The van der Waals surface area contributed by atoms with E-state index in [0.717, 1.165) is 77.3 Å². The SMILES string of the molecule is CCCCC/C=C\C/C=C\CCCCCCCCC(O)(CCCCCCCC/C=C\C/C=C\CCCCC)OCCCN(C)CCCCCC(=O)O. The zero-order valence-corrected chi connectivity index (χ0v) is 34.8. The molecule has 0 aromatic rings. The van der Waals surface area contributed by atoms with Crippen molar-refractivity contribution >= 4 is 5.97 Å². The summed E-state index contributed by atoms with van der Waals surface area (Å²) in [4.78, 5) is 13.0. The quantitative estimate of drug-likeness (QED) is 0.0372. The van der Waals surface area contributed by atoms with Crippen LogP contribution in [0, 0.1) is 0 Å². The Hall–Kier alpha value is -1.69. The molecule has 2 N–H and O–H groups in total. The fourth-order valence-electron chi connectivity index (χ4n) is 6.59. The van der Waals surface area contributed by atoms with E-state index in [-0.39, 0.29) is 6.42 Å². The summed E-state index contributed by atoms with van der Waals surface area (Å²) in [5, 5.41) is 20.4. The smallest absolute Gasteiger partial charge is 0.303 e. The molecule has 0 aliphatic carbocycles. The second kappa shape index (κ2) is 40.5. The summed E-state index contributed by atoms with van der Waals surface area (Å²) >= 11 is 0. The monoisotopic (exact) mass is 730 g/mol. The predicted octanol–water partition coefficient (Wildman–Crippen LogP) is 14.1. The normalized spacial score (nSPS) is 12.6. The van der Waals surface area contributed by atoms with Crippen molar-refractivity contribution in [1.29, 1.82) is 0 Å². The Morgan fingerprint density at radius 2 is 0.904 bits per heavy atom. The number of nitrogens with zero attached hydrogens (tertiary/aromatic N) is 1. The van der Waals surface area contributed by atoms with E-state index in [9.17, 15) is 9.90 Å². The van der Waals surface area contributed by atoms with Gasteiger partial charge in [0.1, 0.15) is 0 Å². The molecule has 304 valence electrons. The van der Waals surface area contributed by atoms with Gasteiger partial charge in [-0.25, -0.2) is 0 Å². The first-order valence-electron chi connectivity index (χ1n) is 22.3. The molecule has 0 atom stereocenters. The molecule has 0 rings (SSSR count). The molecule has 0 saturated carbocycles. The van der Waals surface area contributed by atoms with Crippen LogP contribution in [0.3, 0.4) is 0 Å². The third kappa shape index (κ3) is 39.5. The van der Waals surface area contributed by atoms with E-state index in [2.05, 4.69) is 74.4 Å². The molecule has 0 fully saturated rings. The van der Waals surface area contributed by atoms with E-state index in [4.69, 9.17) is 9.84 Å². The van der Waals surface area contributed by atoms with Crippen LogP contribution in [0.2, 0.25) is 0 Å². The lowest BCUT2D eigenvalue weighted by atomic mass is 9.98. The van der Waals surface area contributed by atoms with Crippen LogP contribution in [0.5, 0.6) is 0 Å². The summed E-state index contributed by atoms with van der Waals surface area (Å²) in [6.45, 7) is 7.01. The van der Waals surface area contributed by atoms with E-state index in [1.807, 2.05) is 0 Å². The van der Waals surface area contributed by atoms with Crippen LogP contribution in [-0.4, -0.2) is 53.6 Å². The fraction of sp³-hybridized carbons (Fsp3) is 0.809. The lowest BCUT2D eigenvalue weighted by Crippen LogP contribution is -2.33. The number of aliphatic carboxylic acids is 1. The summed E-state index contributed by atoms with van der Waals surface area (Å²) in [5.74, 6) is -1.70. The van der Waals surface area contributed by atoms with E-state index in [1.165, 1.54) is 128 Å². The molecular formula is C47H87NO4. The van der Waals surface area contributed by atoms with Gasteiger partial charge in [0.2, 0.25) is 0 Å². The van der Waals surface area contributed by atoms with Crippen molar-refractivity contribution in [2.75, 3.05) is 26.7 Å². The molecule has 0 aliphatic heterocycles. The number of carboxylic acid groups (broad SMARTS) is 1. The largest absolute Gasteiger partial charge is 0.481 e. The second-order valence-corrected chi connectivity index (χ2v) is 15.3. The van der Waals surface area contributed by atoms with Gasteiger partial charge in [0, 0.05) is 25.8 Å². The van der Waals surface area contributed by atoms with Gasteiger partial charge in [0.25, 0.3) is 0 Å². The van der Waals surface area contributed by atoms with Gasteiger partial charge in [-0.1, -0.05) is 146 Å². The minimum absolute atomic E-state index is 0.264. The number of carboxylic acids is 1. The number of rotatable bonds is 41. The van der Waals surface area contributed by atoms with E-state index in [1.54, 1.807) is 0 Å². The maximum absolute atomic E-state index is 11.5. The lowest BCUT2D eigenvalue weighted by molar-refractivity contribution is -0.214. The topological polar surface area (TPSA) is 70.0 Å². The van der Waals surface area contributed by atoms with Gasteiger partial charge >= 0.3 is 5.97 Å². The van der Waals surface area contributed by atoms with Crippen LogP contribution in [0.25, 0.3) is 0 Å². The molecule has 52 heavy (non-hydrogen) atoms. The van der Waals surface area contributed by atoms with Crippen molar-refractivity contribution in [1.82, 2.24) is 4.90 Å². The average Bonchev–Trinajstić information content (AvgIpc) is 3.13. The molecule has 0 saturated heterocycles. The molecule has 5 nitrogen and oxygen atoms in total. The highest BCUT2D eigenvalue weighted by Gasteiger charge is 2.26.